The van der Waals surface area contributed by atoms with Crippen LogP contribution < -0.4 is 9.64 Å². The second-order valence-corrected chi connectivity index (χ2v) is 4.66. The summed E-state index contributed by atoms with van der Waals surface area (Å²) in [7, 11) is 2.08. The van der Waals surface area contributed by atoms with E-state index in [9.17, 15) is 13.6 Å². The molecule has 0 radical (unpaired) electrons. The summed E-state index contributed by atoms with van der Waals surface area (Å²) in [5, 5.41) is 0. The number of nitrogens with zero attached hydrogens (tertiary/aromatic N) is 1. The van der Waals surface area contributed by atoms with Gasteiger partial charge in [-0.15, -0.1) is 0 Å². The van der Waals surface area contributed by atoms with Crippen molar-refractivity contribution in [1.29, 1.82) is 0 Å². The summed E-state index contributed by atoms with van der Waals surface area (Å²) in [5.41, 5.74) is 0.387. The maximum Gasteiger partial charge on any atom is 0.387 e. The van der Waals surface area contributed by atoms with Crippen molar-refractivity contribution < 1.29 is 23.2 Å². The minimum atomic E-state index is -2.88. The molecule has 0 aromatic heterocycles. The average molecular weight is 271 g/mol. The number of alkyl halides is 2. The van der Waals surface area contributed by atoms with Gasteiger partial charge >= 0.3 is 6.61 Å². The molecule has 1 N–H and O–H groups in total. The van der Waals surface area contributed by atoms with Gasteiger partial charge in [-0.1, -0.05) is 6.07 Å². The Morgan fingerprint density at radius 2 is 2.05 bits per heavy atom. The van der Waals surface area contributed by atoms with Crippen LogP contribution in [0.1, 0.15) is 10.4 Å². The van der Waals surface area contributed by atoms with Gasteiger partial charge in [0.1, 0.15) is 5.75 Å². The van der Waals surface area contributed by atoms with Gasteiger partial charge in [0.15, 0.2) is 0 Å². The van der Waals surface area contributed by atoms with Crippen molar-refractivity contribution in [3.05, 3.63) is 29.8 Å². The molecule has 2 rings (SSSR count). The molecule has 6 heteroatoms. The summed E-state index contributed by atoms with van der Waals surface area (Å²) in [5.74, 6) is -0.118. The van der Waals surface area contributed by atoms with Crippen LogP contribution >= 0.6 is 0 Å². The molecule has 0 aliphatic carbocycles. The topological polar surface area (TPSA) is 34.0 Å². The molecular weight excluding hydrogens is 254 g/mol. The molecule has 0 bridgehead atoms. The number of carbonyl (C=O) groups excluding carboxylic acids is 1. The number of carbonyl (C=O) groups is 1. The van der Waals surface area contributed by atoms with Crippen molar-refractivity contribution in [2.24, 2.45) is 0 Å². The van der Waals surface area contributed by atoms with Gasteiger partial charge in [-0.2, -0.15) is 8.78 Å². The number of rotatable bonds is 3. The third-order valence-electron chi connectivity index (χ3n) is 3.21. The molecule has 1 aliphatic heterocycles. The number of ether oxygens (including phenoxy) is 1. The third kappa shape index (κ3) is 3.64. The number of hydrogen-bond donors (Lipinski definition) is 1. The standard InChI is InChI=1S/C13H16F2N2O2/c1-16-5-7-17(8-6-16)12(18)10-3-2-4-11(9-10)19-13(14)15/h2-4,9,13H,5-8H2,1H3/p+1. The number of amides is 1. The van der Waals surface area contributed by atoms with Gasteiger partial charge < -0.3 is 14.5 Å². The van der Waals surface area contributed by atoms with E-state index < -0.39 is 6.61 Å². The zero-order valence-corrected chi connectivity index (χ0v) is 10.7. The number of quaternary nitrogens is 1. The SMILES string of the molecule is C[NH+]1CCN(C(=O)c2cccc(OC(F)F)c2)CC1. The normalized spacial score (nSPS) is 16.7. The number of likely N-dealkylation sites (N-methyl/N-ethyl adjacent to an activating group) is 1. The fourth-order valence-corrected chi connectivity index (χ4v) is 2.08. The predicted octanol–water partition coefficient (Wildman–Crippen LogP) is 0.259. The first-order chi connectivity index (χ1) is 9.06. The summed E-state index contributed by atoms with van der Waals surface area (Å²) in [4.78, 5) is 15.4. The van der Waals surface area contributed by atoms with Gasteiger partial charge in [0.2, 0.25) is 0 Å². The first-order valence-electron chi connectivity index (χ1n) is 6.21. The molecule has 0 unspecified atom stereocenters. The summed E-state index contributed by atoms with van der Waals surface area (Å²) < 4.78 is 28.6. The van der Waals surface area contributed by atoms with Crippen LogP contribution in [-0.4, -0.2) is 50.6 Å². The molecule has 0 saturated carbocycles. The maximum atomic E-state index is 12.2. The molecule has 1 aromatic rings. The van der Waals surface area contributed by atoms with Crippen LogP contribution in [0.15, 0.2) is 24.3 Å². The Labute approximate surface area is 110 Å². The number of piperazine rings is 1. The Morgan fingerprint density at radius 1 is 1.37 bits per heavy atom. The third-order valence-corrected chi connectivity index (χ3v) is 3.21. The summed E-state index contributed by atoms with van der Waals surface area (Å²) in [6, 6.07) is 5.94. The van der Waals surface area contributed by atoms with E-state index >= 15 is 0 Å². The quantitative estimate of drug-likeness (QED) is 0.855. The van der Waals surface area contributed by atoms with Crippen LogP contribution in [-0.2, 0) is 0 Å². The van der Waals surface area contributed by atoms with Gasteiger partial charge in [-0.05, 0) is 18.2 Å². The van der Waals surface area contributed by atoms with Crippen molar-refractivity contribution in [2.45, 2.75) is 6.61 Å². The Morgan fingerprint density at radius 3 is 2.68 bits per heavy atom. The van der Waals surface area contributed by atoms with Crippen LogP contribution in [0.4, 0.5) is 8.78 Å². The number of halogens is 2. The van der Waals surface area contributed by atoms with Crippen molar-refractivity contribution in [3.63, 3.8) is 0 Å². The van der Waals surface area contributed by atoms with E-state index in [4.69, 9.17) is 0 Å². The average Bonchev–Trinajstić information content (AvgIpc) is 2.38. The highest BCUT2D eigenvalue weighted by Gasteiger charge is 2.22. The van der Waals surface area contributed by atoms with Crippen molar-refractivity contribution >= 4 is 5.91 Å². The molecule has 1 aromatic carbocycles. The lowest BCUT2D eigenvalue weighted by atomic mass is 10.1. The Bertz CT molecular complexity index is 446. The molecule has 1 fully saturated rings. The number of hydrogen-bond acceptors (Lipinski definition) is 2. The lowest BCUT2D eigenvalue weighted by Crippen LogP contribution is -3.12. The summed E-state index contributed by atoms with van der Waals surface area (Å²) >= 11 is 0. The molecule has 1 amide bonds. The van der Waals surface area contributed by atoms with Crippen LogP contribution in [0, 0.1) is 0 Å². The van der Waals surface area contributed by atoms with Crippen LogP contribution in [0.3, 0.4) is 0 Å². The molecule has 104 valence electrons. The molecule has 1 heterocycles. The van der Waals surface area contributed by atoms with Crippen LogP contribution in [0.25, 0.3) is 0 Å². The summed E-state index contributed by atoms with van der Waals surface area (Å²) in [6.45, 7) is 0.297. The van der Waals surface area contributed by atoms with Crippen molar-refractivity contribution in [3.8, 4) is 5.75 Å². The largest absolute Gasteiger partial charge is 0.435 e. The zero-order valence-electron chi connectivity index (χ0n) is 10.7. The van der Waals surface area contributed by atoms with Gasteiger partial charge in [-0.25, -0.2) is 0 Å². The summed E-state index contributed by atoms with van der Waals surface area (Å²) in [6.07, 6.45) is 0. The number of benzene rings is 1. The predicted molar refractivity (Wildman–Crippen MR) is 65.6 cm³/mol. The Balaban J connectivity index is 2.06. The van der Waals surface area contributed by atoms with Crippen LogP contribution in [0.5, 0.6) is 5.75 Å². The smallest absolute Gasteiger partial charge is 0.387 e. The zero-order chi connectivity index (χ0) is 13.8. The monoisotopic (exact) mass is 271 g/mol. The van der Waals surface area contributed by atoms with Crippen molar-refractivity contribution in [2.75, 3.05) is 33.2 Å². The second-order valence-electron chi connectivity index (χ2n) is 4.66. The van der Waals surface area contributed by atoms with Crippen molar-refractivity contribution in [1.82, 2.24) is 4.90 Å². The second kappa shape index (κ2) is 5.97. The van der Waals surface area contributed by atoms with Gasteiger partial charge in [0.05, 0.1) is 33.2 Å². The fourth-order valence-electron chi connectivity index (χ4n) is 2.08. The van der Waals surface area contributed by atoms with E-state index in [1.807, 2.05) is 0 Å². The van der Waals surface area contributed by atoms with E-state index in [0.717, 1.165) is 13.1 Å². The van der Waals surface area contributed by atoms with E-state index in [2.05, 4.69) is 11.8 Å². The molecular formula is C13H17F2N2O2+. The molecule has 19 heavy (non-hydrogen) atoms. The minimum absolute atomic E-state index is 0.0144. The molecule has 0 atom stereocenters. The lowest BCUT2D eigenvalue weighted by molar-refractivity contribution is -0.883. The minimum Gasteiger partial charge on any atom is -0.435 e. The molecule has 0 spiro atoms. The van der Waals surface area contributed by atoms with E-state index in [1.165, 1.54) is 17.0 Å². The Kier molecular flexibility index (Phi) is 4.31. The molecule has 1 saturated heterocycles. The molecule has 4 nitrogen and oxygen atoms in total. The highest BCUT2D eigenvalue weighted by molar-refractivity contribution is 5.94. The van der Waals surface area contributed by atoms with E-state index in [-0.39, 0.29) is 11.7 Å². The van der Waals surface area contributed by atoms with E-state index in [0.29, 0.717) is 18.7 Å². The van der Waals surface area contributed by atoms with Gasteiger partial charge in [-0.3, -0.25) is 4.79 Å². The fraction of sp³-hybridized carbons (Fsp3) is 0.462. The first-order valence-corrected chi connectivity index (χ1v) is 6.21. The number of nitrogens with one attached hydrogen (secondary N) is 1. The maximum absolute atomic E-state index is 12.2. The lowest BCUT2D eigenvalue weighted by Gasteiger charge is -2.30. The first kappa shape index (κ1) is 13.7. The van der Waals surface area contributed by atoms with E-state index in [1.54, 1.807) is 17.0 Å². The molecule has 1 aliphatic rings. The van der Waals surface area contributed by atoms with Gasteiger partial charge in [0, 0.05) is 5.56 Å². The van der Waals surface area contributed by atoms with Crippen LogP contribution in [0.2, 0.25) is 0 Å². The highest BCUT2D eigenvalue weighted by atomic mass is 19.3. The highest BCUT2D eigenvalue weighted by Crippen LogP contribution is 2.17. The Hall–Kier alpha value is -1.69. The van der Waals surface area contributed by atoms with Gasteiger partial charge in [0.25, 0.3) is 5.91 Å².